The van der Waals surface area contributed by atoms with Crippen LogP contribution in [0.2, 0.25) is 0 Å². The highest BCUT2D eigenvalue weighted by molar-refractivity contribution is 9.10. The molecule has 1 aromatic carbocycles. The maximum Gasteiger partial charge on any atom is 0.0710 e. The van der Waals surface area contributed by atoms with Crippen molar-refractivity contribution in [2.75, 3.05) is 0 Å². The number of nitrogens with zero attached hydrogens (tertiary/aromatic N) is 4. The second-order valence-electron chi connectivity index (χ2n) is 6.46. The molecule has 0 N–H and O–H groups in total. The lowest BCUT2D eigenvalue weighted by atomic mass is 10.0. The van der Waals surface area contributed by atoms with Gasteiger partial charge in [-0.1, -0.05) is 22.9 Å². The van der Waals surface area contributed by atoms with Crippen LogP contribution in [0.3, 0.4) is 0 Å². The molecule has 0 saturated heterocycles. The van der Waals surface area contributed by atoms with Gasteiger partial charge in [0, 0.05) is 51.9 Å². The molecule has 5 heteroatoms. The summed E-state index contributed by atoms with van der Waals surface area (Å²) in [6.07, 6.45) is 4.93. The highest BCUT2D eigenvalue weighted by Gasteiger charge is 2.19. The first-order chi connectivity index (χ1) is 12.0. The fraction of sp³-hybridized carbons (Fsp3) is 0.300. The van der Waals surface area contributed by atoms with Crippen molar-refractivity contribution in [3.05, 3.63) is 46.5 Å². The lowest BCUT2D eigenvalue weighted by Crippen LogP contribution is -2.00. The lowest BCUT2D eigenvalue weighted by Gasteiger charge is -2.10. The molecule has 0 aliphatic rings. The van der Waals surface area contributed by atoms with Gasteiger partial charge in [0.25, 0.3) is 0 Å². The first kappa shape index (κ1) is 16.3. The van der Waals surface area contributed by atoms with Gasteiger partial charge in [0.15, 0.2) is 0 Å². The third-order valence-corrected chi connectivity index (χ3v) is 5.22. The van der Waals surface area contributed by atoms with E-state index in [9.17, 15) is 0 Å². The van der Waals surface area contributed by atoms with Crippen LogP contribution in [0.25, 0.3) is 32.9 Å². The van der Waals surface area contributed by atoms with Crippen LogP contribution < -0.4 is 0 Å². The summed E-state index contributed by atoms with van der Waals surface area (Å²) >= 11 is 3.71. The Labute approximate surface area is 155 Å². The van der Waals surface area contributed by atoms with E-state index < -0.39 is 0 Å². The fourth-order valence-electron chi connectivity index (χ4n) is 3.79. The molecule has 0 amide bonds. The Kier molecular flexibility index (Phi) is 3.91. The van der Waals surface area contributed by atoms with Crippen LogP contribution in [0.5, 0.6) is 0 Å². The molecule has 0 unspecified atom stereocenters. The molecule has 0 saturated carbocycles. The minimum Gasteiger partial charge on any atom is -0.339 e. The van der Waals surface area contributed by atoms with Gasteiger partial charge in [0.1, 0.15) is 0 Å². The molecule has 25 heavy (non-hydrogen) atoms. The summed E-state index contributed by atoms with van der Waals surface area (Å²) in [6, 6.07) is 6.63. The van der Waals surface area contributed by atoms with Gasteiger partial charge in [-0.25, -0.2) is 0 Å². The van der Waals surface area contributed by atoms with Crippen molar-refractivity contribution in [1.29, 1.82) is 0 Å². The molecule has 0 aliphatic carbocycles. The van der Waals surface area contributed by atoms with E-state index in [2.05, 4.69) is 70.8 Å². The van der Waals surface area contributed by atoms with E-state index >= 15 is 0 Å². The Balaban J connectivity index is 2.24. The quantitative estimate of drug-likeness (QED) is 0.474. The largest absolute Gasteiger partial charge is 0.339 e. The van der Waals surface area contributed by atoms with Crippen LogP contribution in [-0.4, -0.2) is 19.3 Å². The maximum atomic E-state index is 4.80. The van der Waals surface area contributed by atoms with Crippen molar-refractivity contribution < 1.29 is 0 Å². The number of fused-ring (bicyclic) bond motifs is 3. The molecular formula is C20H21BrN4. The summed E-state index contributed by atoms with van der Waals surface area (Å²) in [6.45, 7) is 7.37. The molecule has 0 atom stereocenters. The van der Waals surface area contributed by atoms with Crippen molar-refractivity contribution >= 4 is 37.7 Å². The number of benzene rings is 1. The number of halogens is 1. The third kappa shape index (κ3) is 2.49. The van der Waals surface area contributed by atoms with E-state index in [4.69, 9.17) is 4.98 Å². The molecule has 128 valence electrons. The Morgan fingerprint density at radius 3 is 2.48 bits per heavy atom. The van der Waals surface area contributed by atoms with Crippen molar-refractivity contribution in [2.45, 2.75) is 33.7 Å². The average molecular weight is 397 g/mol. The summed E-state index contributed by atoms with van der Waals surface area (Å²) in [5.41, 5.74) is 7.10. The van der Waals surface area contributed by atoms with Crippen LogP contribution in [0.15, 0.2) is 35.1 Å². The summed E-state index contributed by atoms with van der Waals surface area (Å²) in [5.74, 6) is 0. The molecule has 3 heterocycles. The summed E-state index contributed by atoms with van der Waals surface area (Å²) in [4.78, 5) is 4.80. The normalized spacial score (nSPS) is 11.7. The van der Waals surface area contributed by atoms with Crippen LogP contribution in [0.1, 0.15) is 25.2 Å². The number of rotatable bonds is 3. The van der Waals surface area contributed by atoms with Crippen molar-refractivity contribution in [3.63, 3.8) is 0 Å². The minimum absolute atomic E-state index is 0.909. The Bertz CT molecular complexity index is 1100. The number of aryl methyl sites for hydroxylation is 4. The Morgan fingerprint density at radius 2 is 1.84 bits per heavy atom. The SMILES string of the molecule is CCc1nc(C)cc2c3cc(Br)cc(-c4cnn(C)c4)c3n(CC)c12. The van der Waals surface area contributed by atoms with Gasteiger partial charge in [-0.05, 0) is 38.5 Å². The van der Waals surface area contributed by atoms with E-state index in [1.807, 2.05) is 17.9 Å². The predicted octanol–water partition coefficient (Wildman–Crippen LogP) is 5.24. The monoisotopic (exact) mass is 396 g/mol. The second kappa shape index (κ2) is 5.99. The highest BCUT2D eigenvalue weighted by Crippen LogP contribution is 2.39. The molecule has 0 bridgehead atoms. The smallest absolute Gasteiger partial charge is 0.0710 e. The number of hydrogen-bond acceptors (Lipinski definition) is 2. The molecule has 4 rings (SSSR count). The first-order valence-corrected chi connectivity index (χ1v) is 9.43. The van der Waals surface area contributed by atoms with Crippen LogP contribution in [0.4, 0.5) is 0 Å². The molecule has 0 aliphatic heterocycles. The molecule has 4 nitrogen and oxygen atoms in total. The zero-order valence-electron chi connectivity index (χ0n) is 15.0. The van der Waals surface area contributed by atoms with Crippen LogP contribution >= 0.6 is 15.9 Å². The van der Waals surface area contributed by atoms with E-state index in [-0.39, 0.29) is 0 Å². The van der Waals surface area contributed by atoms with E-state index in [0.29, 0.717) is 0 Å². The maximum absolute atomic E-state index is 4.80. The zero-order chi connectivity index (χ0) is 17.7. The van der Waals surface area contributed by atoms with Crippen LogP contribution in [0, 0.1) is 6.92 Å². The van der Waals surface area contributed by atoms with Crippen molar-refractivity contribution in [1.82, 2.24) is 19.3 Å². The summed E-state index contributed by atoms with van der Waals surface area (Å²) in [7, 11) is 1.95. The molecule has 3 aromatic heterocycles. The van der Waals surface area contributed by atoms with Crippen molar-refractivity contribution in [3.8, 4) is 11.1 Å². The second-order valence-corrected chi connectivity index (χ2v) is 7.37. The van der Waals surface area contributed by atoms with E-state index in [1.54, 1.807) is 0 Å². The Morgan fingerprint density at radius 1 is 1.08 bits per heavy atom. The van der Waals surface area contributed by atoms with Gasteiger partial charge >= 0.3 is 0 Å². The molecule has 0 spiro atoms. The summed E-state index contributed by atoms with van der Waals surface area (Å²) in [5, 5.41) is 6.92. The van der Waals surface area contributed by atoms with Gasteiger partial charge in [-0.2, -0.15) is 5.10 Å². The number of aromatic nitrogens is 4. The lowest BCUT2D eigenvalue weighted by molar-refractivity contribution is 0.768. The zero-order valence-corrected chi connectivity index (χ0v) is 16.6. The highest BCUT2D eigenvalue weighted by atomic mass is 79.9. The first-order valence-electron chi connectivity index (χ1n) is 8.64. The molecule has 4 aromatic rings. The minimum atomic E-state index is 0.909. The fourth-order valence-corrected chi connectivity index (χ4v) is 4.25. The standard InChI is InChI=1S/C20H21BrN4/c1-5-18-20-16(7-12(3)23-18)17-9-14(21)8-15(19(17)25(20)6-2)13-10-22-24(4)11-13/h7-11H,5-6H2,1-4H3. The van der Waals surface area contributed by atoms with Gasteiger partial charge in [0.2, 0.25) is 0 Å². The molecule has 0 radical (unpaired) electrons. The Hall–Kier alpha value is -2.14. The van der Waals surface area contributed by atoms with Gasteiger partial charge in [-0.15, -0.1) is 0 Å². The van der Waals surface area contributed by atoms with Crippen LogP contribution in [-0.2, 0) is 20.0 Å². The topological polar surface area (TPSA) is 35.6 Å². The van der Waals surface area contributed by atoms with E-state index in [1.165, 1.54) is 33.1 Å². The third-order valence-electron chi connectivity index (χ3n) is 4.76. The molecular weight excluding hydrogens is 376 g/mol. The molecule has 0 fully saturated rings. The van der Waals surface area contributed by atoms with Crippen molar-refractivity contribution in [2.24, 2.45) is 7.05 Å². The predicted molar refractivity (Wildman–Crippen MR) is 107 cm³/mol. The number of pyridine rings is 1. The van der Waals surface area contributed by atoms with E-state index in [0.717, 1.165) is 28.7 Å². The number of hydrogen-bond donors (Lipinski definition) is 0. The van der Waals surface area contributed by atoms with Gasteiger partial charge < -0.3 is 4.57 Å². The average Bonchev–Trinajstić information content (AvgIpc) is 3.15. The summed E-state index contributed by atoms with van der Waals surface area (Å²) < 4.78 is 5.34. The van der Waals surface area contributed by atoms with Gasteiger partial charge in [0.05, 0.1) is 22.9 Å². The van der Waals surface area contributed by atoms with Gasteiger partial charge in [-0.3, -0.25) is 9.67 Å².